The number of alkyl halides is 12. The van der Waals surface area contributed by atoms with E-state index in [0.717, 1.165) is 0 Å². The third-order valence-corrected chi connectivity index (χ3v) is 5.16. The van der Waals surface area contributed by atoms with E-state index in [9.17, 15) is 54.1 Å². The zero-order chi connectivity index (χ0) is 24.1. The van der Waals surface area contributed by atoms with Crippen molar-refractivity contribution in [2.24, 2.45) is 0 Å². The normalized spacial score (nSPS) is 19.2. The van der Waals surface area contributed by atoms with E-state index in [1.807, 2.05) is 0 Å². The lowest BCUT2D eigenvalue weighted by Gasteiger charge is -2.37. The summed E-state index contributed by atoms with van der Waals surface area (Å²) in [6.07, 6.45) is -12.5. The Balaban J connectivity index is 4.13. The minimum Gasteiger partial charge on any atom is -0.371 e. The van der Waals surface area contributed by atoms with Crippen molar-refractivity contribution in [1.82, 2.24) is 0 Å². The molecule has 0 amide bonds. The molecule has 1 aromatic rings. The first-order valence-corrected chi connectivity index (χ1v) is 8.68. The van der Waals surface area contributed by atoms with Crippen LogP contribution in [0.3, 0.4) is 0 Å². The Morgan fingerprint density at radius 1 is 0.733 bits per heavy atom. The average Bonchev–Trinajstić information content (AvgIpc) is 2.54. The summed E-state index contributed by atoms with van der Waals surface area (Å²) in [6, 6.07) is -0.00529. The van der Waals surface area contributed by atoms with E-state index in [2.05, 4.69) is 23.2 Å². The van der Waals surface area contributed by atoms with Crippen molar-refractivity contribution in [3.63, 3.8) is 0 Å². The van der Waals surface area contributed by atoms with Crippen LogP contribution in [0.4, 0.5) is 43.9 Å². The molecule has 0 aromatic heterocycles. The lowest BCUT2D eigenvalue weighted by Crippen LogP contribution is -2.55. The summed E-state index contributed by atoms with van der Waals surface area (Å²) in [6.45, 7) is 2.62. The van der Waals surface area contributed by atoms with E-state index in [-0.39, 0.29) is 18.6 Å². The summed E-state index contributed by atoms with van der Waals surface area (Å²) in [5.74, 6) is -0.966. The molecular weight excluding hydrogens is 485 g/mol. The van der Waals surface area contributed by atoms with Gasteiger partial charge in [0.15, 0.2) is 0 Å². The Hall–Kier alpha value is -0.980. The molecule has 1 rings (SSSR count). The Labute approximate surface area is 173 Å². The molecule has 30 heavy (non-hydrogen) atoms. The van der Waals surface area contributed by atoms with Gasteiger partial charge < -0.3 is 10.2 Å². The second-order valence-corrected chi connectivity index (χ2v) is 7.51. The zero-order valence-corrected chi connectivity index (χ0v) is 16.5. The van der Waals surface area contributed by atoms with Crippen LogP contribution < -0.4 is 0 Å². The summed E-state index contributed by atoms with van der Waals surface area (Å²) in [4.78, 5) is 0. The van der Waals surface area contributed by atoms with E-state index >= 15 is 0 Å². The highest BCUT2D eigenvalue weighted by Gasteiger charge is 2.72. The van der Waals surface area contributed by atoms with Gasteiger partial charge in [-0.2, -0.15) is 43.9 Å². The highest BCUT2D eigenvalue weighted by atomic mass is 35.5. The third kappa shape index (κ3) is 4.33. The number of halogens is 12. The minimum atomic E-state index is -6.26. The van der Waals surface area contributed by atoms with Crippen molar-refractivity contribution in [3.05, 3.63) is 34.9 Å². The molecule has 0 heterocycles. The molecule has 0 saturated heterocycles. The molecule has 3 atom stereocenters. The first kappa shape index (κ1) is 27.1. The van der Waals surface area contributed by atoms with Crippen LogP contribution in [0.2, 0.25) is 0 Å². The van der Waals surface area contributed by atoms with Gasteiger partial charge in [-0.1, -0.05) is 26.0 Å². The van der Waals surface area contributed by atoms with Gasteiger partial charge in [0.25, 0.3) is 11.2 Å². The summed E-state index contributed by atoms with van der Waals surface area (Å²) in [5.41, 5.74) is -15.2. The number of rotatable bonds is 6. The molecule has 3 unspecified atom stereocenters. The zero-order valence-electron chi connectivity index (χ0n) is 14.9. The van der Waals surface area contributed by atoms with Crippen molar-refractivity contribution in [1.29, 1.82) is 0 Å². The number of benzene rings is 1. The molecule has 0 fully saturated rings. The maximum Gasteiger partial charge on any atom is 0.428 e. The highest BCUT2D eigenvalue weighted by molar-refractivity contribution is 6.23. The van der Waals surface area contributed by atoms with E-state index in [4.69, 9.17) is 0 Å². The van der Waals surface area contributed by atoms with Crippen molar-refractivity contribution in [3.8, 4) is 0 Å². The molecule has 0 bridgehead atoms. The molecule has 0 spiro atoms. The predicted octanol–water partition coefficient (Wildman–Crippen LogP) is 6.36. The molecule has 1 aromatic carbocycles. The summed E-state index contributed by atoms with van der Waals surface area (Å²) >= 11 is 8.82. The molecule has 0 aliphatic heterocycles. The third-order valence-electron chi connectivity index (χ3n) is 4.61. The van der Waals surface area contributed by atoms with Crippen molar-refractivity contribution in [2.75, 3.05) is 0 Å². The first-order valence-electron chi connectivity index (χ1n) is 7.93. The number of hydrogen-bond acceptors (Lipinski definition) is 2. The molecule has 174 valence electrons. The van der Waals surface area contributed by atoms with Gasteiger partial charge in [-0.15, -0.1) is 0 Å². The highest BCUT2D eigenvalue weighted by Crippen LogP contribution is 2.55. The topological polar surface area (TPSA) is 40.5 Å². The van der Waals surface area contributed by atoms with Gasteiger partial charge in [-0.05, 0) is 47.2 Å². The van der Waals surface area contributed by atoms with Crippen LogP contribution >= 0.6 is 23.2 Å². The lowest BCUT2D eigenvalue weighted by molar-refractivity contribution is -0.320. The van der Waals surface area contributed by atoms with Gasteiger partial charge in [0.1, 0.15) is 0 Å². The van der Waals surface area contributed by atoms with E-state index in [0.29, 0.717) is 0 Å². The molecule has 0 aliphatic carbocycles. The van der Waals surface area contributed by atoms with Crippen molar-refractivity contribution >= 4 is 23.2 Å². The molecule has 14 heteroatoms. The minimum absolute atomic E-state index is 0.00627. The average molecular weight is 499 g/mol. The SMILES string of the molecule is CCC(C)c1cc(C(O)(C(F)(F)F)C(F)(F)Cl)cc(C(O)(C(F)(F)F)C(F)(F)Cl)c1. The van der Waals surface area contributed by atoms with E-state index in [1.165, 1.54) is 13.8 Å². The quantitative estimate of drug-likeness (QED) is 0.353. The Morgan fingerprint density at radius 2 is 1.03 bits per heavy atom. The molecule has 2 nitrogen and oxygen atoms in total. The van der Waals surface area contributed by atoms with Gasteiger partial charge in [-0.25, -0.2) is 0 Å². The summed E-state index contributed by atoms with van der Waals surface area (Å²) in [7, 11) is 0. The smallest absolute Gasteiger partial charge is 0.371 e. The van der Waals surface area contributed by atoms with Gasteiger partial charge in [0, 0.05) is 11.1 Å². The van der Waals surface area contributed by atoms with Crippen molar-refractivity contribution in [2.45, 2.75) is 60.5 Å². The van der Waals surface area contributed by atoms with E-state index < -0.39 is 63.0 Å². The van der Waals surface area contributed by atoms with Gasteiger partial charge in [0.2, 0.25) is 0 Å². The maximum absolute atomic E-state index is 13.6. The van der Waals surface area contributed by atoms with Crippen LogP contribution in [0.5, 0.6) is 0 Å². The standard InChI is InChI=1S/C16H14Cl2F10O2/c1-3-7(2)8-4-9(11(29,13(17,19)20)15(23,24)25)6-10(5-8)12(30,14(18,21)22)16(26,27)28/h4-7,29-30H,3H2,1-2H3. The van der Waals surface area contributed by atoms with Crippen molar-refractivity contribution < 1.29 is 54.1 Å². The fraction of sp³-hybridized carbons (Fsp3) is 0.625. The van der Waals surface area contributed by atoms with E-state index in [1.54, 1.807) is 0 Å². The van der Waals surface area contributed by atoms with Gasteiger partial charge in [0.05, 0.1) is 0 Å². The Kier molecular flexibility index (Phi) is 7.09. The van der Waals surface area contributed by atoms with Crippen LogP contribution in [0, 0.1) is 0 Å². The Bertz CT molecular complexity index is 681. The Morgan fingerprint density at radius 3 is 1.23 bits per heavy atom. The lowest BCUT2D eigenvalue weighted by atomic mass is 9.82. The van der Waals surface area contributed by atoms with Gasteiger partial charge >= 0.3 is 23.1 Å². The number of aliphatic hydroxyl groups is 2. The molecular formula is C16H14Cl2F10O2. The summed E-state index contributed by atoms with van der Waals surface area (Å²) < 4.78 is 134. The summed E-state index contributed by atoms with van der Waals surface area (Å²) in [5, 5.41) is 8.42. The van der Waals surface area contributed by atoms with Gasteiger partial charge in [-0.3, -0.25) is 0 Å². The van der Waals surface area contributed by atoms with Crippen LogP contribution in [0.25, 0.3) is 0 Å². The van der Waals surface area contributed by atoms with Crippen LogP contribution in [-0.4, -0.2) is 33.3 Å². The largest absolute Gasteiger partial charge is 0.428 e. The maximum atomic E-state index is 13.6. The fourth-order valence-electron chi connectivity index (χ4n) is 2.57. The first-order chi connectivity index (χ1) is 13.1. The second kappa shape index (κ2) is 7.86. The molecule has 0 aliphatic rings. The van der Waals surface area contributed by atoms with Crippen LogP contribution in [-0.2, 0) is 11.2 Å². The monoisotopic (exact) mass is 498 g/mol. The molecule has 0 radical (unpaired) electrons. The van der Waals surface area contributed by atoms with Crippen LogP contribution in [0.1, 0.15) is 42.9 Å². The fourth-order valence-corrected chi connectivity index (χ4v) is 3.00. The molecule has 0 saturated carbocycles. The van der Waals surface area contributed by atoms with Crippen LogP contribution in [0.15, 0.2) is 18.2 Å². The predicted molar refractivity (Wildman–Crippen MR) is 86.7 cm³/mol. The second-order valence-electron chi connectivity index (χ2n) is 6.56. The number of hydrogen-bond donors (Lipinski definition) is 2. The molecule has 2 N–H and O–H groups in total.